The van der Waals surface area contributed by atoms with E-state index in [0.29, 0.717) is 36.4 Å². The molecule has 0 bridgehead atoms. The van der Waals surface area contributed by atoms with Crippen LogP contribution in [0.2, 0.25) is 0 Å². The molecule has 0 aliphatic rings. The highest BCUT2D eigenvalue weighted by atomic mass is 35.5. The van der Waals surface area contributed by atoms with Gasteiger partial charge in [-0.3, -0.25) is 4.79 Å². The molecule has 2 aromatic carbocycles. The van der Waals surface area contributed by atoms with Gasteiger partial charge in [-0.2, -0.15) is 0 Å². The van der Waals surface area contributed by atoms with Crippen molar-refractivity contribution in [2.75, 3.05) is 0 Å². The highest BCUT2D eigenvalue weighted by molar-refractivity contribution is 6.20. The fourth-order valence-electron chi connectivity index (χ4n) is 2.98. The van der Waals surface area contributed by atoms with Gasteiger partial charge in [0.25, 0.3) is 5.56 Å². The molecule has 0 aliphatic heterocycles. The van der Waals surface area contributed by atoms with Crippen LogP contribution in [0.5, 0.6) is 5.75 Å². The Morgan fingerprint density at radius 2 is 1.79 bits per heavy atom. The second kappa shape index (κ2) is 8.27. The van der Waals surface area contributed by atoms with Gasteiger partial charge < -0.3 is 14.7 Å². The molecular weight excluding hydrogens is 376 g/mol. The molecule has 0 fully saturated rings. The largest absolute Gasteiger partial charge is 0.489 e. The molecule has 0 spiro atoms. The summed E-state index contributed by atoms with van der Waals surface area (Å²) in [5, 5.41) is -0.157. The van der Waals surface area contributed by atoms with Crippen molar-refractivity contribution in [2.24, 2.45) is 0 Å². The number of halogens is 1. The highest BCUT2D eigenvalue weighted by Crippen LogP contribution is 2.18. The van der Waals surface area contributed by atoms with Gasteiger partial charge >= 0.3 is 0 Å². The van der Waals surface area contributed by atoms with Gasteiger partial charge in [0.05, 0.1) is 6.33 Å². The van der Waals surface area contributed by atoms with Gasteiger partial charge in [-0.1, -0.05) is 42.5 Å². The van der Waals surface area contributed by atoms with Crippen molar-refractivity contribution in [3.63, 3.8) is 0 Å². The number of fused-ring (bicyclic) bond motifs is 1. The van der Waals surface area contributed by atoms with E-state index in [9.17, 15) is 4.79 Å². The summed E-state index contributed by atoms with van der Waals surface area (Å²) in [6.07, 6.45) is 2.54. The Bertz CT molecular complexity index is 1110. The number of ether oxygens (including phenoxy) is 1. The van der Waals surface area contributed by atoms with Crippen molar-refractivity contribution in [3.8, 4) is 5.75 Å². The maximum absolute atomic E-state index is 11.7. The fraction of sp³-hybridized carbons (Fsp3) is 0.190. The zero-order valence-electron chi connectivity index (χ0n) is 15.1. The number of benzene rings is 2. The Morgan fingerprint density at radius 1 is 1.00 bits per heavy atom. The summed E-state index contributed by atoms with van der Waals surface area (Å²) < 4.78 is 5.81. The minimum absolute atomic E-state index is 0.157. The Balaban J connectivity index is 1.34. The number of hydrogen-bond acceptors (Lipinski definition) is 4. The van der Waals surface area contributed by atoms with Gasteiger partial charge in [0.15, 0.2) is 11.2 Å². The Hall–Kier alpha value is -3.12. The SMILES string of the molecule is O=c1[nH]cnc2nc(CC(Cl)Cc3ccc(OCc4ccccc4)cc3)[nH]c12. The second-order valence-corrected chi connectivity index (χ2v) is 7.15. The van der Waals surface area contributed by atoms with Gasteiger partial charge in [-0.15, -0.1) is 11.6 Å². The predicted molar refractivity (Wildman–Crippen MR) is 109 cm³/mol. The van der Waals surface area contributed by atoms with Crippen molar-refractivity contribution in [1.29, 1.82) is 0 Å². The molecule has 1 atom stereocenters. The summed E-state index contributed by atoms with van der Waals surface area (Å²) >= 11 is 6.50. The first-order chi connectivity index (χ1) is 13.7. The predicted octanol–water partition coefficient (Wildman–Crippen LogP) is 3.62. The van der Waals surface area contributed by atoms with Crippen LogP contribution in [0.25, 0.3) is 11.2 Å². The van der Waals surface area contributed by atoms with Crippen molar-refractivity contribution >= 4 is 22.8 Å². The zero-order chi connectivity index (χ0) is 19.3. The van der Waals surface area contributed by atoms with Crippen LogP contribution in [0.4, 0.5) is 0 Å². The van der Waals surface area contributed by atoms with Crippen molar-refractivity contribution in [2.45, 2.75) is 24.8 Å². The van der Waals surface area contributed by atoms with E-state index >= 15 is 0 Å². The van der Waals surface area contributed by atoms with Crippen molar-refractivity contribution in [1.82, 2.24) is 19.9 Å². The number of imidazole rings is 1. The van der Waals surface area contributed by atoms with Gasteiger partial charge in [0, 0.05) is 11.8 Å². The standard InChI is InChI=1S/C21H19ClN4O2/c22-16(11-18-25-19-20(26-18)23-13-24-21(19)27)10-14-6-8-17(9-7-14)28-12-15-4-2-1-3-5-15/h1-9,13,16H,10-12H2,(H2,23,24,25,26,27). The number of hydrogen-bond donors (Lipinski definition) is 2. The van der Waals surface area contributed by atoms with Crippen molar-refractivity contribution < 1.29 is 4.74 Å². The minimum atomic E-state index is -0.235. The third-order valence-corrected chi connectivity index (χ3v) is 4.70. The third-order valence-electron chi connectivity index (χ3n) is 4.39. The molecule has 28 heavy (non-hydrogen) atoms. The van der Waals surface area contributed by atoms with Crippen LogP contribution in [-0.2, 0) is 19.4 Å². The summed E-state index contributed by atoms with van der Waals surface area (Å²) in [6, 6.07) is 18.0. The molecule has 142 valence electrons. The molecule has 0 saturated heterocycles. The maximum atomic E-state index is 11.7. The number of nitrogens with zero attached hydrogens (tertiary/aromatic N) is 2. The van der Waals surface area contributed by atoms with Crippen molar-refractivity contribution in [3.05, 3.63) is 88.2 Å². The van der Waals surface area contributed by atoms with Crippen LogP contribution in [0.15, 0.2) is 65.7 Å². The Labute approximate surface area is 166 Å². The van der Waals surface area contributed by atoms with Gasteiger partial charge in [-0.25, -0.2) is 9.97 Å². The number of H-pyrrole nitrogens is 2. The van der Waals surface area contributed by atoms with Crippen LogP contribution in [-0.4, -0.2) is 25.3 Å². The first kappa shape index (κ1) is 18.3. The van der Waals surface area contributed by atoms with E-state index in [1.165, 1.54) is 6.33 Å². The minimum Gasteiger partial charge on any atom is -0.489 e. The lowest BCUT2D eigenvalue weighted by molar-refractivity contribution is 0.306. The van der Waals surface area contributed by atoms with E-state index in [2.05, 4.69) is 19.9 Å². The molecule has 6 nitrogen and oxygen atoms in total. The van der Waals surface area contributed by atoms with E-state index in [1.807, 2.05) is 54.6 Å². The second-order valence-electron chi connectivity index (χ2n) is 6.54. The molecule has 4 rings (SSSR count). The maximum Gasteiger partial charge on any atom is 0.276 e. The summed E-state index contributed by atoms with van der Waals surface area (Å²) in [7, 11) is 0. The zero-order valence-corrected chi connectivity index (χ0v) is 15.8. The van der Waals surface area contributed by atoms with E-state index in [-0.39, 0.29) is 10.9 Å². The highest BCUT2D eigenvalue weighted by Gasteiger charge is 2.13. The summed E-state index contributed by atoms with van der Waals surface area (Å²) in [5.74, 6) is 1.48. The molecule has 0 saturated carbocycles. The lowest BCUT2D eigenvalue weighted by Crippen LogP contribution is -2.09. The van der Waals surface area contributed by atoms with Gasteiger partial charge in [0.2, 0.25) is 0 Å². The van der Waals surface area contributed by atoms with Crippen LogP contribution >= 0.6 is 11.6 Å². The first-order valence-corrected chi connectivity index (χ1v) is 9.43. The first-order valence-electron chi connectivity index (χ1n) is 8.99. The third kappa shape index (κ3) is 4.40. The monoisotopic (exact) mass is 394 g/mol. The summed E-state index contributed by atoms with van der Waals surface area (Å²) in [6.45, 7) is 0.539. The molecule has 1 unspecified atom stereocenters. The average Bonchev–Trinajstić information content (AvgIpc) is 3.12. The van der Waals surface area contributed by atoms with E-state index in [0.717, 1.165) is 16.9 Å². The normalized spacial score (nSPS) is 12.2. The number of aromatic amines is 2. The van der Waals surface area contributed by atoms with E-state index in [1.54, 1.807) is 0 Å². The fourth-order valence-corrected chi connectivity index (χ4v) is 3.31. The van der Waals surface area contributed by atoms with E-state index in [4.69, 9.17) is 16.3 Å². The molecule has 2 N–H and O–H groups in total. The molecule has 0 radical (unpaired) electrons. The van der Waals surface area contributed by atoms with Crippen LogP contribution in [0.3, 0.4) is 0 Å². The number of aromatic nitrogens is 4. The summed E-state index contributed by atoms with van der Waals surface area (Å²) in [5.41, 5.74) is 2.79. The molecule has 0 amide bonds. The topological polar surface area (TPSA) is 83.7 Å². The molecule has 4 aromatic rings. The van der Waals surface area contributed by atoms with Gasteiger partial charge in [-0.05, 0) is 29.7 Å². The number of nitrogens with one attached hydrogen (secondary N) is 2. The molecule has 7 heteroatoms. The smallest absolute Gasteiger partial charge is 0.276 e. The Morgan fingerprint density at radius 3 is 2.54 bits per heavy atom. The number of rotatable bonds is 7. The molecule has 2 aromatic heterocycles. The lowest BCUT2D eigenvalue weighted by Gasteiger charge is -2.10. The average molecular weight is 395 g/mol. The molecule has 2 heterocycles. The van der Waals surface area contributed by atoms with Gasteiger partial charge in [0.1, 0.15) is 18.2 Å². The molecular formula is C21H19ClN4O2. The Kier molecular flexibility index (Phi) is 5.39. The van der Waals surface area contributed by atoms with Crippen LogP contribution in [0, 0.1) is 0 Å². The molecule has 0 aliphatic carbocycles. The lowest BCUT2D eigenvalue weighted by atomic mass is 10.1. The quantitative estimate of drug-likeness (QED) is 0.469. The number of alkyl halides is 1. The van der Waals surface area contributed by atoms with Crippen LogP contribution in [0.1, 0.15) is 17.0 Å². The summed E-state index contributed by atoms with van der Waals surface area (Å²) in [4.78, 5) is 25.6. The van der Waals surface area contributed by atoms with Crippen LogP contribution < -0.4 is 10.3 Å². The van der Waals surface area contributed by atoms with E-state index < -0.39 is 0 Å².